The molecular formula is C32H33ClN5O5. The Kier molecular flexibility index (Phi) is 11.0. The molecule has 4 aromatic rings. The number of carbonyl (C=O) groups excluding carboxylic acids is 4. The second-order valence-electron chi connectivity index (χ2n) is 10.2. The van der Waals surface area contributed by atoms with Crippen LogP contribution in [0.3, 0.4) is 0 Å². The van der Waals surface area contributed by atoms with Gasteiger partial charge < -0.3 is 31.8 Å². The van der Waals surface area contributed by atoms with Gasteiger partial charge in [-0.25, -0.2) is 0 Å². The Labute approximate surface area is 254 Å². The lowest BCUT2D eigenvalue weighted by atomic mass is 10.0. The fourth-order valence-corrected chi connectivity index (χ4v) is 4.82. The van der Waals surface area contributed by atoms with Crippen LogP contribution in [-0.4, -0.2) is 64.9 Å². The molecule has 11 heteroatoms. The number of carbonyl (C=O) groups is 3. The third-order valence-corrected chi connectivity index (χ3v) is 7.25. The van der Waals surface area contributed by atoms with Crippen molar-refractivity contribution in [2.45, 2.75) is 43.4 Å². The largest absolute Gasteiger partial charge is 0.394 e. The van der Waals surface area contributed by atoms with Crippen molar-refractivity contribution in [1.29, 1.82) is 0 Å². The third-order valence-electron chi connectivity index (χ3n) is 6.99. The lowest BCUT2D eigenvalue weighted by Crippen LogP contribution is -2.58. The highest BCUT2D eigenvalue weighted by molar-refractivity contribution is 6.30. The van der Waals surface area contributed by atoms with Gasteiger partial charge in [0.15, 0.2) is 0 Å². The zero-order chi connectivity index (χ0) is 30.8. The Hall–Kier alpha value is -4.51. The molecule has 223 valence electrons. The van der Waals surface area contributed by atoms with Crippen LogP contribution in [0.5, 0.6) is 0 Å². The van der Waals surface area contributed by atoms with Gasteiger partial charge in [0.1, 0.15) is 18.1 Å². The number of nitrogens with two attached hydrogens (primary N) is 1. The lowest BCUT2D eigenvalue weighted by Gasteiger charge is -2.25. The van der Waals surface area contributed by atoms with Crippen LogP contribution in [0.25, 0.3) is 10.9 Å². The Balaban J connectivity index is 1.57. The Bertz CT molecular complexity index is 1540. The third kappa shape index (κ3) is 8.74. The van der Waals surface area contributed by atoms with E-state index in [2.05, 4.69) is 20.9 Å². The molecule has 0 aliphatic rings. The fourth-order valence-electron chi connectivity index (χ4n) is 4.69. The number of aromatic amines is 1. The maximum Gasteiger partial charge on any atom is 0.243 e. The molecule has 0 aliphatic heterocycles. The topological polar surface area (TPSA) is 166 Å². The molecule has 0 saturated heterocycles. The first-order chi connectivity index (χ1) is 20.8. The number of aliphatic hydroxyl groups is 1. The van der Waals surface area contributed by atoms with E-state index in [1.165, 1.54) is 0 Å². The average Bonchev–Trinajstić information content (AvgIpc) is 3.43. The van der Waals surface area contributed by atoms with E-state index in [4.69, 9.17) is 17.3 Å². The number of nitrogens with one attached hydrogen (secondary N) is 4. The normalized spacial score (nSPS) is 13.8. The summed E-state index contributed by atoms with van der Waals surface area (Å²) >= 11 is 6.03. The van der Waals surface area contributed by atoms with Crippen LogP contribution < -0.4 is 21.7 Å². The van der Waals surface area contributed by atoms with Crippen molar-refractivity contribution < 1.29 is 24.3 Å². The standard InChI is InChI=1S/C32H33ClN5O5/c33-23-12-10-21(11-13-23)15-28(37-30(41)26(34)14-20-6-2-1-3-7-20)32(43)38-29(31(42)36-24(18-39)19-40)16-22-17-35-27-9-5-4-8-25(22)27/h1-13,17,24,26,28-29,35,39H,14-16,18,34H2,(H,36,42)(H,37,41)(H,38,43)/t24-,26+,28-,29+/m0/s1. The van der Waals surface area contributed by atoms with Gasteiger partial charge in [0.05, 0.1) is 12.6 Å². The van der Waals surface area contributed by atoms with E-state index in [1.54, 1.807) is 36.7 Å². The molecule has 0 fully saturated rings. The van der Waals surface area contributed by atoms with Crippen LogP contribution in [-0.2, 0) is 38.4 Å². The Morgan fingerprint density at radius 1 is 0.791 bits per heavy atom. The smallest absolute Gasteiger partial charge is 0.243 e. The van der Waals surface area contributed by atoms with Crippen LogP contribution in [0.15, 0.2) is 85.1 Å². The number of hydrogen-bond acceptors (Lipinski definition) is 6. The summed E-state index contributed by atoms with van der Waals surface area (Å²) in [7, 11) is 0. The van der Waals surface area contributed by atoms with Gasteiger partial charge in [-0.15, -0.1) is 0 Å². The van der Waals surface area contributed by atoms with Gasteiger partial charge in [-0.2, -0.15) is 0 Å². The first kappa shape index (κ1) is 31.4. The fraction of sp³-hybridized carbons (Fsp3) is 0.250. The molecule has 0 unspecified atom stereocenters. The Morgan fingerprint density at radius 3 is 2.09 bits per heavy atom. The van der Waals surface area contributed by atoms with Crippen molar-refractivity contribution in [2.75, 3.05) is 6.61 Å². The summed E-state index contributed by atoms with van der Waals surface area (Å²) in [5.41, 5.74) is 9.37. The number of amides is 3. The van der Waals surface area contributed by atoms with Crippen molar-refractivity contribution in [3.8, 4) is 0 Å². The van der Waals surface area contributed by atoms with Gasteiger partial charge in [-0.3, -0.25) is 19.2 Å². The quantitative estimate of drug-likeness (QED) is 0.129. The van der Waals surface area contributed by atoms with Gasteiger partial charge in [-0.1, -0.05) is 72.3 Å². The molecule has 0 spiro atoms. The van der Waals surface area contributed by atoms with Crippen LogP contribution >= 0.6 is 11.6 Å². The van der Waals surface area contributed by atoms with Gasteiger partial charge in [-0.05, 0) is 41.3 Å². The van der Waals surface area contributed by atoms with E-state index < -0.39 is 48.5 Å². The number of aliphatic hydroxyl groups excluding tert-OH is 1. The van der Waals surface area contributed by atoms with Crippen LogP contribution in [0, 0.1) is 0 Å². The predicted molar refractivity (Wildman–Crippen MR) is 164 cm³/mol. The van der Waals surface area contributed by atoms with Gasteiger partial charge in [0.25, 0.3) is 0 Å². The lowest BCUT2D eigenvalue weighted by molar-refractivity contribution is -0.132. The summed E-state index contributed by atoms with van der Waals surface area (Å²) in [6.07, 6.45) is 3.72. The summed E-state index contributed by atoms with van der Waals surface area (Å²) in [5, 5.41) is 18.7. The van der Waals surface area contributed by atoms with E-state index in [-0.39, 0.29) is 19.3 Å². The summed E-state index contributed by atoms with van der Waals surface area (Å²) in [6, 6.07) is 19.1. The van der Waals surface area contributed by atoms with Gasteiger partial charge in [0.2, 0.25) is 24.0 Å². The SMILES string of the molecule is N[C@H](Cc1ccccc1)C(=O)N[C@@H](Cc1ccc(Cl)cc1)C(=O)N[C@H](Cc1c[nH]c2ccccc12)C(=O)N[C@H]([C]=O)CO. The van der Waals surface area contributed by atoms with Crippen molar-refractivity contribution in [1.82, 2.24) is 20.9 Å². The molecule has 7 N–H and O–H groups in total. The van der Waals surface area contributed by atoms with E-state index in [0.29, 0.717) is 5.02 Å². The first-order valence-electron chi connectivity index (χ1n) is 13.8. The molecule has 3 amide bonds. The van der Waals surface area contributed by atoms with E-state index in [0.717, 1.165) is 27.6 Å². The molecule has 3 aromatic carbocycles. The summed E-state index contributed by atoms with van der Waals surface area (Å²) < 4.78 is 0. The number of hydrogen-bond donors (Lipinski definition) is 6. The maximum absolute atomic E-state index is 13.8. The maximum atomic E-state index is 13.8. The van der Waals surface area contributed by atoms with Crippen LogP contribution in [0.2, 0.25) is 5.02 Å². The number of para-hydroxylation sites is 1. The molecule has 0 aliphatic carbocycles. The summed E-state index contributed by atoms with van der Waals surface area (Å²) in [4.78, 5) is 54.5. The molecule has 1 heterocycles. The minimum Gasteiger partial charge on any atom is -0.394 e. The molecule has 1 radical (unpaired) electrons. The number of H-pyrrole nitrogens is 1. The monoisotopic (exact) mass is 602 g/mol. The molecule has 10 nitrogen and oxygen atoms in total. The number of rotatable bonds is 14. The van der Waals surface area contributed by atoms with E-state index in [1.807, 2.05) is 54.6 Å². The van der Waals surface area contributed by atoms with Crippen LogP contribution in [0.1, 0.15) is 16.7 Å². The van der Waals surface area contributed by atoms with Crippen molar-refractivity contribution in [3.63, 3.8) is 0 Å². The molecule has 4 atom stereocenters. The second kappa shape index (κ2) is 15.1. The zero-order valence-electron chi connectivity index (χ0n) is 23.3. The second-order valence-corrected chi connectivity index (χ2v) is 10.6. The number of aromatic nitrogens is 1. The Morgan fingerprint density at radius 2 is 1.40 bits per heavy atom. The molecular weight excluding hydrogens is 570 g/mol. The predicted octanol–water partition coefficient (Wildman–Crippen LogP) is 1.73. The number of fused-ring (bicyclic) bond motifs is 1. The molecule has 1 aromatic heterocycles. The molecule has 0 bridgehead atoms. The summed E-state index contributed by atoms with van der Waals surface area (Å²) in [6.45, 7) is -0.655. The molecule has 43 heavy (non-hydrogen) atoms. The van der Waals surface area contributed by atoms with Gasteiger partial charge >= 0.3 is 0 Å². The number of halogens is 1. The highest BCUT2D eigenvalue weighted by Gasteiger charge is 2.30. The van der Waals surface area contributed by atoms with Crippen LogP contribution in [0.4, 0.5) is 0 Å². The minimum absolute atomic E-state index is 0.0632. The summed E-state index contributed by atoms with van der Waals surface area (Å²) in [5.74, 6) is -1.87. The van der Waals surface area contributed by atoms with Crippen molar-refractivity contribution >= 4 is 46.5 Å². The van der Waals surface area contributed by atoms with E-state index >= 15 is 0 Å². The molecule has 0 saturated carbocycles. The number of benzene rings is 3. The zero-order valence-corrected chi connectivity index (χ0v) is 24.0. The van der Waals surface area contributed by atoms with E-state index in [9.17, 15) is 24.3 Å². The van der Waals surface area contributed by atoms with Crippen molar-refractivity contribution in [2.24, 2.45) is 5.73 Å². The first-order valence-corrected chi connectivity index (χ1v) is 14.1. The minimum atomic E-state index is -1.27. The molecule has 4 rings (SSSR count). The van der Waals surface area contributed by atoms with Crippen molar-refractivity contribution in [3.05, 3.63) is 107 Å². The van der Waals surface area contributed by atoms with Gasteiger partial charge in [0, 0.05) is 35.0 Å². The highest BCUT2D eigenvalue weighted by atomic mass is 35.5. The highest BCUT2D eigenvalue weighted by Crippen LogP contribution is 2.19. The average molecular weight is 603 g/mol.